The van der Waals surface area contributed by atoms with E-state index in [1.807, 2.05) is 10.9 Å². The molecule has 1 unspecified atom stereocenters. The van der Waals surface area contributed by atoms with Crippen LogP contribution in [0.25, 0.3) is 0 Å². The lowest BCUT2D eigenvalue weighted by Crippen LogP contribution is -2.37. The Morgan fingerprint density at radius 1 is 1.50 bits per heavy atom. The van der Waals surface area contributed by atoms with E-state index in [-0.39, 0.29) is 0 Å². The number of nitrogens with one attached hydrogen (secondary N) is 1. The minimum absolute atomic E-state index is 0.440. The van der Waals surface area contributed by atoms with Gasteiger partial charge in [0.05, 0.1) is 11.9 Å². The molecule has 0 amide bonds. The SMILES string of the molecule is CCCC1CN(c2cnn(C(C)C)c2)CCCN1. The van der Waals surface area contributed by atoms with Gasteiger partial charge in [-0.05, 0) is 33.2 Å². The van der Waals surface area contributed by atoms with Crippen LogP contribution >= 0.6 is 0 Å². The quantitative estimate of drug-likeness (QED) is 0.891. The Hall–Kier alpha value is -1.03. The topological polar surface area (TPSA) is 33.1 Å². The lowest BCUT2D eigenvalue weighted by molar-refractivity contribution is 0.502. The number of rotatable bonds is 4. The van der Waals surface area contributed by atoms with Gasteiger partial charge in [0.2, 0.25) is 0 Å². The van der Waals surface area contributed by atoms with E-state index in [9.17, 15) is 0 Å². The van der Waals surface area contributed by atoms with Crippen LogP contribution in [-0.4, -0.2) is 35.5 Å². The highest BCUT2D eigenvalue weighted by Crippen LogP contribution is 2.18. The second-order valence-electron chi connectivity index (χ2n) is 5.51. The summed E-state index contributed by atoms with van der Waals surface area (Å²) in [7, 11) is 0. The molecule has 102 valence electrons. The highest BCUT2D eigenvalue weighted by molar-refractivity contribution is 5.42. The minimum Gasteiger partial charge on any atom is -0.367 e. The first-order valence-corrected chi connectivity index (χ1v) is 7.23. The van der Waals surface area contributed by atoms with Crippen LogP contribution in [0.2, 0.25) is 0 Å². The molecule has 0 aromatic carbocycles. The summed E-state index contributed by atoms with van der Waals surface area (Å²) in [4.78, 5) is 2.48. The molecule has 0 spiro atoms. The zero-order valence-corrected chi connectivity index (χ0v) is 11.9. The molecular weight excluding hydrogens is 224 g/mol. The molecule has 1 aromatic heterocycles. The summed E-state index contributed by atoms with van der Waals surface area (Å²) in [6, 6.07) is 1.06. The third-order valence-corrected chi connectivity index (χ3v) is 3.60. The van der Waals surface area contributed by atoms with Crippen molar-refractivity contribution >= 4 is 5.69 Å². The molecule has 1 atom stereocenters. The molecule has 1 aliphatic rings. The maximum absolute atomic E-state index is 4.45. The molecule has 0 aliphatic carbocycles. The van der Waals surface area contributed by atoms with Crippen molar-refractivity contribution in [1.29, 1.82) is 0 Å². The Morgan fingerprint density at radius 2 is 2.33 bits per heavy atom. The highest BCUT2D eigenvalue weighted by Gasteiger charge is 2.18. The number of aromatic nitrogens is 2. The van der Waals surface area contributed by atoms with Gasteiger partial charge in [-0.2, -0.15) is 5.10 Å². The Morgan fingerprint density at radius 3 is 3.00 bits per heavy atom. The van der Waals surface area contributed by atoms with Crippen molar-refractivity contribution in [3.63, 3.8) is 0 Å². The Labute approximate surface area is 110 Å². The van der Waals surface area contributed by atoms with Gasteiger partial charge in [0, 0.05) is 31.4 Å². The van der Waals surface area contributed by atoms with Crippen LogP contribution in [0.3, 0.4) is 0 Å². The first kappa shape index (κ1) is 13.4. The van der Waals surface area contributed by atoms with E-state index >= 15 is 0 Å². The third kappa shape index (κ3) is 3.25. The second kappa shape index (κ2) is 6.23. The van der Waals surface area contributed by atoms with E-state index in [4.69, 9.17) is 0 Å². The number of hydrogen-bond donors (Lipinski definition) is 1. The monoisotopic (exact) mass is 250 g/mol. The zero-order valence-electron chi connectivity index (χ0n) is 11.9. The van der Waals surface area contributed by atoms with Crippen LogP contribution in [0, 0.1) is 0 Å². The standard InChI is InChI=1S/C14H26N4/c1-4-6-13-10-17(8-5-7-15-13)14-9-16-18(11-14)12(2)3/h9,11-13,15H,4-8,10H2,1-3H3. The first-order chi connectivity index (χ1) is 8.70. The summed E-state index contributed by atoms with van der Waals surface area (Å²) >= 11 is 0. The summed E-state index contributed by atoms with van der Waals surface area (Å²) < 4.78 is 2.04. The van der Waals surface area contributed by atoms with Gasteiger partial charge in [-0.3, -0.25) is 4.68 Å². The molecule has 18 heavy (non-hydrogen) atoms. The van der Waals surface area contributed by atoms with Crippen molar-refractivity contribution in [3.8, 4) is 0 Å². The van der Waals surface area contributed by atoms with Crippen LogP contribution in [0.15, 0.2) is 12.4 Å². The van der Waals surface area contributed by atoms with E-state index in [1.165, 1.54) is 24.9 Å². The molecular formula is C14H26N4. The molecule has 1 aliphatic heterocycles. The van der Waals surface area contributed by atoms with Gasteiger partial charge >= 0.3 is 0 Å². The summed E-state index contributed by atoms with van der Waals surface area (Å²) in [6.07, 6.45) is 7.91. The minimum atomic E-state index is 0.440. The van der Waals surface area contributed by atoms with E-state index in [0.717, 1.165) is 19.6 Å². The van der Waals surface area contributed by atoms with Crippen LogP contribution in [0.4, 0.5) is 5.69 Å². The van der Waals surface area contributed by atoms with Crippen molar-refractivity contribution in [2.75, 3.05) is 24.5 Å². The molecule has 4 nitrogen and oxygen atoms in total. The Bertz CT molecular complexity index is 358. The lowest BCUT2D eigenvalue weighted by Gasteiger charge is -2.24. The average Bonchev–Trinajstić information content (AvgIpc) is 2.72. The average molecular weight is 250 g/mol. The summed E-state index contributed by atoms with van der Waals surface area (Å²) in [6.45, 7) is 9.98. The normalized spacial score (nSPS) is 21.3. The Kier molecular flexibility index (Phi) is 4.64. The van der Waals surface area contributed by atoms with Crippen molar-refractivity contribution < 1.29 is 0 Å². The van der Waals surface area contributed by atoms with Crippen LogP contribution in [0.5, 0.6) is 0 Å². The number of hydrogen-bond acceptors (Lipinski definition) is 3. The van der Waals surface area contributed by atoms with Gasteiger partial charge in [-0.1, -0.05) is 13.3 Å². The van der Waals surface area contributed by atoms with Crippen LogP contribution in [0.1, 0.15) is 46.1 Å². The van der Waals surface area contributed by atoms with Crippen LogP contribution in [-0.2, 0) is 0 Å². The molecule has 1 saturated heterocycles. The van der Waals surface area contributed by atoms with Gasteiger partial charge in [-0.25, -0.2) is 0 Å². The van der Waals surface area contributed by atoms with E-state index in [2.05, 4.69) is 42.3 Å². The number of anilines is 1. The largest absolute Gasteiger partial charge is 0.367 e. The number of nitrogens with zero attached hydrogens (tertiary/aromatic N) is 3. The molecule has 4 heteroatoms. The lowest BCUT2D eigenvalue weighted by atomic mass is 10.1. The molecule has 1 aromatic rings. The maximum atomic E-state index is 4.45. The first-order valence-electron chi connectivity index (χ1n) is 7.23. The molecule has 0 radical (unpaired) electrons. The Balaban J connectivity index is 2.04. The predicted octanol–water partition coefficient (Wildman–Crippen LogP) is 2.43. The fourth-order valence-corrected chi connectivity index (χ4v) is 2.55. The van der Waals surface area contributed by atoms with Crippen LogP contribution < -0.4 is 10.2 Å². The van der Waals surface area contributed by atoms with Crippen molar-refractivity contribution in [1.82, 2.24) is 15.1 Å². The van der Waals surface area contributed by atoms with Gasteiger partial charge in [0.25, 0.3) is 0 Å². The molecule has 1 fully saturated rings. The van der Waals surface area contributed by atoms with E-state index in [0.29, 0.717) is 12.1 Å². The van der Waals surface area contributed by atoms with E-state index in [1.54, 1.807) is 0 Å². The predicted molar refractivity (Wildman–Crippen MR) is 76.1 cm³/mol. The van der Waals surface area contributed by atoms with Gasteiger partial charge in [0.1, 0.15) is 0 Å². The highest BCUT2D eigenvalue weighted by atomic mass is 15.3. The zero-order chi connectivity index (χ0) is 13.0. The summed E-state index contributed by atoms with van der Waals surface area (Å²) in [5.41, 5.74) is 1.27. The second-order valence-corrected chi connectivity index (χ2v) is 5.51. The van der Waals surface area contributed by atoms with Gasteiger partial charge in [0.15, 0.2) is 0 Å². The molecule has 2 heterocycles. The summed E-state index contributed by atoms with van der Waals surface area (Å²) in [5.74, 6) is 0. The van der Waals surface area contributed by atoms with Crippen molar-refractivity contribution in [2.24, 2.45) is 0 Å². The van der Waals surface area contributed by atoms with Crippen molar-refractivity contribution in [2.45, 2.75) is 52.1 Å². The fraction of sp³-hybridized carbons (Fsp3) is 0.786. The molecule has 1 N–H and O–H groups in total. The molecule has 0 bridgehead atoms. The third-order valence-electron chi connectivity index (χ3n) is 3.60. The van der Waals surface area contributed by atoms with Crippen molar-refractivity contribution in [3.05, 3.63) is 12.4 Å². The van der Waals surface area contributed by atoms with Gasteiger partial charge in [-0.15, -0.1) is 0 Å². The summed E-state index contributed by atoms with van der Waals surface area (Å²) in [5, 5.41) is 8.09. The van der Waals surface area contributed by atoms with Gasteiger partial charge < -0.3 is 10.2 Å². The fourth-order valence-electron chi connectivity index (χ4n) is 2.55. The smallest absolute Gasteiger partial charge is 0.0753 e. The molecule has 0 saturated carbocycles. The molecule has 2 rings (SSSR count). The van der Waals surface area contributed by atoms with E-state index < -0.39 is 0 Å². The maximum Gasteiger partial charge on any atom is 0.0753 e.